The van der Waals surface area contributed by atoms with Crippen molar-refractivity contribution in [1.82, 2.24) is 0 Å². The molecule has 0 saturated heterocycles. The first-order valence-corrected chi connectivity index (χ1v) is 5.37. The zero-order valence-corrected chi connectivity index (χ0v) is 11.7. The van der Waals surface area contributed by atoms with Crippen LogP contribution in [0.5, 0.6) is 0 Å². The van der Waals surface area contributed by atoms with Crippen LogP contribution in [0.1, 0.15) is 2.85 Å². The van der Waals surface area contributed by atoms with Gasteiger partial charge in [-0.25, -0.2) is 0 Å². The van der Waals surface area contributed by atoms with Crippen LogP contribution in [0, 0.1) is 0 Å². The van der Waals surface area contributed by atoms with E-state index in [2.05, 4.69) is 0 Å². The minimum absolute atomic E-state index is 0. The molecule has 12 heteroatoms. The van der Waals surface area contributed by atoms with Crippen molar-refractivity contribution in [1.29, 1.82) is 0 Å². The third-order valence-corrected chi connectivity index (χ3v) is 0. The van der Waals surface area contributed by atoms with Crippen molar-refractivity contribution in [2.75, 3.05) is 0 Å². The van der Waals surface area contributed by atoms with Crippen LogP contribution in [0.2, 0.25) is 0 Å². The Kier molecular flexibility index (Phi) is 19.7. The third-order valence-electron chi connectivity index (χ3n) is 0. The maximum absolute atomic E-state index is 7.33. The number of rotatable bonds is 0. The van der Waals surface area contributed by atoms with Crippen molar-refractivity contribution >= 4 is 18.1 Å². The molecule has 0 saturated carbocycles. The van der Waals surface area contributed by atoms with Gasteiger partial charge in [-0.05, 0) is 0 Å². The van der Waals surface area contributed by atoms with Gasteiger partial charge < -0.3 is 41.2 Å². The molecule has 68 valence electrons. The van der Waals surface area contributed by atoms with Crippen molar-refractivity contribution in [3.05, 3.63) is 0 Å². The standard InChI is InChI=1S/K.Li.2H4O4Si.2H/c;;2*1-5(2,3)4;;/h;;2*1-4H;;/q2*+1;;;2*-1. The Balaban J connectivity index is -0.0000000178. The van der Waals surface area contributed by atoms with Gasteiger partial charge in [-0.1, -0.05) is 0 Å². The van der Waals surface area contributed by atoms with Crippen LogP contribution in [-0.2, 0) is 0 Å². The Morgan fingerprint density at radius 1 is 0.583 bits per heavy atom. The van der Waals surface area contributed by atoms with Crippen LogP contribution in [0.15, 0.2) is 0 Å². The first-order valence-electron chi connectivity index (χ1n) is 1.79. The SMILES string of the molecule is O[Si](O)(O)O.O[Si](O)(O)O.[H-].[H-].[K+].[Li+]. The first kappa shape index (κ1) is 23.9. The molecule has 0 fully saturated rings. The van der Waals surface area contributed by atoms with E-state index in [0.29, 0.717) is 0 Å². The summed E-state index contributed by atoms with van der Waals surface area (Å²) in [6.07, 6.45) is 0. The van der Waals surface area contributed by atoms with Gasteiger partial charge in [-0.2, -0.15) is 0 Å². The maximum atomic E-state index is 7.33. The summed E-state index contributed by atoms with van der Waals surface area (Å²) in [7, 11) is -9.22. The molecule has 0 aromatic carbocycles. The smallest absolute Gasteiger partial charge is 1.00 e. The average Bonchev–Trinajstić information content (AvgIpc) is 1.12. The van der Waals surface area contributed by atoms with Crippen LogP contribution in [0.25, 0.3) is 0 Å². The molecule has 0 bridgehead atoms. The predicted molar refractivity (Wildman–Crippen MR) is 31.5 cm³/mol. The van der Waals surface area contributed by atoms with Gasteiger partial charge in [0.1, 0.15) is 0 Å². The van der Waals surface area contributed by atoms with Gasteiger partial charge in [-0.3, -0.25) is 0 Å². The van der Waals surface area contributed by atoms with Gasteiger partial charge in [0, 0.05) is 0 Å². The van der Waals surface area contributed by atoms with E-state index in [1.165, 1.54) is 0 Å². The van der Waals surface area contributed by atoms with Crippen LogP contribution >= 0.6 is 0 Å². The van der Waals surface area contributed by atoms with E-state index >= 15 is 0 Å². The molecular formula is H10KLiO8Si2. The molecule has 0 heterocycles. The summed E-state index contributed by atoms with van der Waals surface area (Å²) >= 11 is 0. The van der Waals surface area contributed by atoms with Crippen molar-refractivity contribution in [2.45, 2.75) is 0 Å². The molecule has 0 radical (unpaired) electrons. The fraction of sp³-hybridized carbons (Fsp3) is 0. The van der Waals surface area contributed by atoms with Crippen molar-refractivity contribution in [3.63, 3.8) is 0 Å². The van der Waals surface area contributed by atoms with E-state index < -0.39 is 18.1 Å². The predicted octanol–water partition coefficient (Wildman–Crippen LogP) is -11.0. The largest absolute Gasteiger partial charge is 1.00 e. The molecule has 0 aromatic rings. The second-order valence-corrected chi connectivity index (χ2v) is 3.60. The van der Waals surface area contributed by atoms with Gasteiger partial charge in [0.2, 0.25) is 0 Å². The molecular weight excluding hydrogens is 230 g/mol. The fourth-order valence-electron chi connectivity index (χ4n) is 0. The van der Waals surface area contributed by atoms with Crippen molar-refractivity contribution < 1.29 is 111 Å². The topological polar surface area (TPSA) is 162 Å². The molecule has 12 heavy (non-hydrogen) atoms. The summed E-state index contributed by atoms with van der Waals surface area (Å²) in [5.41, 5.74) is 0. The summed E-state index contributed by atoms with van der Waals surface area (Å²) in [6, 6.07) is 0. The molecule has 0 aromatic heterocycles. The Morgan fingerprint density at radius 2 is 0.583 bits per heavy atom. The third kappa shape index (κ3) is 289. The van der Waals surface area contributed by atoms with Gasteiger partial charge in [-0.15, -0.1) is 0 Å². The number of hydrogen-bond donors (Lipinski definition) is 8. The van der Waals surface area contributed by atoms with Crippen LogP contribution in [0.3, 0.4) is 0 Å². The molecule has 0 atom stereocenters. The quantitative estimate of drug-likeness (QED) is 0.193. The Hall–Kier alpha value is 2.35. The van der Waals surface area contributed by atoms with Crippen LogP contribution in [-0.4, -0.2) is 56.5 Å². The second-order valence-electron chi connectivity index (χ2n) is 1.20. The van der Waals surface area contributed by atoms with Crippen molar-refractivity contribution in [3.8, 4) is 0 Å². The summed E-state index contributed by atoms with van der Waals surface area (Å²) < 4.78 is 0. The Bertz CT molecular complexity index is 68.3. The van der Waals surface area contributed by atoms with E-state index in [1.807, 2.05) is 0 Å². The van der Waals surface area contributed by atoms with E-state index in [4.69, 9.17) is 38.4 Å². The Morgan fingerprint density at radius 3 is 0.583 bits per heavy atom. The summed E-state index contributed by atoms with van der Waals surface area (Å²) in [4.78, 5) is 58.6. The first-order chi connectivity index (χ1) is 4.00. The normalized spacial score (nSPS) is 10.0. The molecule has 8 nitrogen and oxygen atoms in total. The molecule has 0 rings (SSSR count). The second kappa shape index (κ2) is 9.89. The van der Waals surface area contributed by atoms with Gasteiger partial charge in [0.25, 0.3) is 0 Å². The molecule has 0 aliphatic carbocycles. The molecule has 0 unspecified atom stereocenters. The van der Waals surface area contributed by atoms with E-state index in [0.717, 1.165) is 0 Å². The van der Waals surface area contributed by atoms with E-state index in [-0.39, 0.29) is 73.1 Å². The maximum Gasteiger partial charge on any atom is 1.00 e. The zero-order valence-electron chi connectivity index (χ0n) is 8.58. The summed E-state index contributed by atoms with van der Waals surface area (Å²) in [5.74, 6) is 0. The van der Waals surface area contributed by atoms with Gasteiger partial charge in [0.15, 0.2) is 0 Å². The van der Waals surface area contributed by atoms with Gasteiger partial charge >= 0.3 is 88.3 Å². The minimum Gasteiger partial charge on any atom is -1.00 e. The van der Waals surface area contributed by atoms with Crippen LogP contribution in [0.4, 0.5) is 0 Å². The van der Waals surface area contributed by atoms with E-state index in [9.17, 15) is 0 Å². The monoisotopic (exact) mass is 240 g/mol. The van der Waals surface area contributed by atoms with Crippen LogP contribution < -0.4 is 70.2 Å². The average molecular weight is 240 g/mol. The Labute approximate surface area is 128 Å². The molecule has 8 N–H and O–H groups in total. The van der Waals surface area contributed by atoms with Gasteiger partial charge in [0.05, 0.1) is 0 Å². The van der Waals surface area contributed by atoms with Crippen molar-refractivity contribution in [2.24, 2.45) is 0 Å². The summed E-state index contributed by atoms with van der Waals surface area (Å²) in [5, 5.41) is 0. The molecule has 0 amide bonds. The molecule has 0 aliphatic rings. The molecule has 0 spiro atoms. The fourth-order valence-corrected chi connectivity index (χ4v) is 0. The minimum atomic E-state index is -4.61. The van der Waals surface area contributed by atoms with E-state index in [1.54, 1.807) is 0 Å². The summed E-state index contributed by atoms with van der Waals surface area (Å²) in [6.45, 7) is 0. The number of hydrogen-bond acceptors (Lipinski definition) is 8. The zero-order chi connectivity index (χ0) is 9.00. The molecule has 0 aliphatic heterocycles.